The monoisotopic (exact) mass is 294 g/mol. The van der Waals surface area contributed by atoms with Crippen LogP contribution < -0.4 is 0 Å². The molecular formula is C16H13F3O2. The fourth-order valence-corrected chi connectivity index (χ4v) is 2.17. The third kappa shape index (κ3) is 2.83. The summed E-state index contributed by atoms with van der Waals surface area (Å²) in [5.74, 6) is -0.645. The van der Waals surface area contributed by atoms with Crippen LogP contribution in [0.25, 0.3) is 0 Å². The molecule has 0 aliphatic heterocycles. The molecule has 2 aromatic carbocycles. The minimum atomic E-state index is -4.54. The van der Waals surface area contributed by atoms with Crippen LogP contribution in [0.5, 0.6) is 0 Å². The summed E-state index contributed by atoms with van der Waals surface area (Å²) >= 11 is 0. The quantitative estimate of drug-likeness (QED) is 0.940. The summed E-state index contributed by atoms with van der Waals surface area (Å²) in [7, 11) is 0. The molecule has 0 aromatic heterocycles. The molecule has 110 valence electrons. The Bertz CT molecular complexity index is 650. The maximum Gasteiger partial charge on any atom is 0.416 e. The molecule has 0 amide bonds. The van der Waals surface area contributed by atoms with Gasteiger partial charge in [-0.1, -0.05) is 42.5 Å². The molecule has 0 bridgehead atoms. The average Bonchev–Trinajstić information content (AvgIpc) is 2.46. The Hall–Kier alpha value is -2.14. The van der Waals surface area contributed by atoms with Gasteiger partial charge in [-0.2, -0.15) is 13.2 Å². The third-order valence-electron chi connectivity index (χ3n) is 3.31. The van der Waals surface area contributed by atoms with Crippen LogP contribution in [0.2, 0.25) is 0 Å². The third-order valence-corrected chi connectivity index (χ3v) is 3.31. The predicted octanol–water partition coefficient (Wildman–Crippen LogP) is 3.53. The number of hydrogen-bond acceptors (Lipinski definition) is 2. The molecule has 0 saturated carbocycles. The highest BCUT2D eigenvalue weighted by Gasteiger charge is 2.39. The van der Waals surface area contributed by atoms with Gasteiger partial charge in [0.2, 0.25) is 0 Å². The van der Waals surface area contributed by atoms with Crippen LogP contribution in [-0.2, 0) is 16.6 Å². The Morgan fingerprint density at radius 3 is 1.95 bits per heavy atom. The van der Waals surface area contributed by atoms with Crippen molar-refractivity contribution in [1.29, 1.82) is 0 Å². The molecule has 1 atom stereocenters. The van der Waals surface area contributed by atoms with Crippen molar-refractivity contribution in [2.24, 2.45) is 0 Å². The summed E-state index contributed by atoms with van der Waals surface area (Å²) in [4.78, 5) is 11.9. The highest BCUT2D eigenvalue weighted by molar-refractivity contribution is 5.89. The average molecular weight is 294 g/mol. The highest BCUT2D eigenvalue weighted by Crippen LogP contribution is 2.35. The molecule has 0 aliphatic rings. The number of rotatable bonds is 3. The first-order valence-corrected chi connectivity index (χ1v) is 6.23. The van der Waals surface area contributed by atoms with E-state index in [4.69, 9.17) is 0 Å². The number of alkyl halides is 3. The van der Waals surface area contributed by atoms with Crippen LogP contribution in [0, 0.1) is 0 Å². The number of carbonyl (C=O) groups is 1. The van der Waals surface area contributed by atoms with E-state index in [1.807, 2.05) is 0 Å². The molecular weight excluding hydrogens is 281 g/mol. The smallest absolute Gasteiger partial charge is 0.373 e. The van der Waals surface area contributed by atoms with E-state index in [-0.39, 0.29) is 11.1 Å². The first-order valence-electron chi connectivity index (χ1n) is 6.23. The van der Waals surface area contributed by atoms with Crippen LogP contribution in [-0.4, -0.2) is 10.9 Å². The van der Waals surface area contributed by atoms with E-state index in [1.54, 1.807) is 18.2 Å². The van der Waals surface area contributed by atoms with Crippen molar-refractivity contribution in [2.45, 2.75) is 18.7 Å². The summed E-state index contributed by atoms with van der Waals surface area (Å²) in [6, 6.07) is 12.1. The van der Waals surface area contributed by atoms with Crippen molar-refractivity contribution in [1.82, 2.24) is 0 Å². The van der Waals surface area contributed by atoms with Crippen LogP contribution in [0.1, 0.15) is 23.6 Å². The van der Waals surface area contributed by atoms with E-state index >= 15 is 0 Å². The van der Waals surface area contributed by atoms with Gasteiger partial charge in [-0.25, -0.2) is 0 Å². The maximum atomic E-state index is 12.8. The molecule has 1 N–H and O–H groups in total. The molecule has 2 nitrogen and oxygen atoms in total. The summed E-state index contributed by atoms with van der Waals surface area (Å²) in [6.45, 7) is 1.15. The van der Waals surface area contributed by atoms with Crippen molar-refractivity contribution >= 4 is 5.78 Å². The Morgan fingerprint density at radius 2 is 1.43 bits per heavy atom. The van der Waals surface area contributed by atoms with Crippen LogP contribution in [0.15, 0.2) is 54.6 Å². The van der Waals surface area contributed by atoms with Crippen molar-refractivity contribution in [3.8, 4) is 0 Å². The minimum Gasteiger partial charge on any atom is -0.373 e. The van der Waals surface area contributed by atoms with Gasteiger partial charge >= 0.3 is 6.18 Å². The standard InChI is InChI=1S/C16H13F3O2/c1-11(20)15(21,12-6-3-2-4-7-12)13-8-5-9-14(10-13)16(17,18)19/h2-10,21H,1H3. The number of ketones is 1. The number of benzene rings is 2. The molecule has 0 spiro atoms. The summed E-state index contributed by atoms with van der Waals surface area (Å²) < 4.78 is 38.4. The minimum absolute atomic E-state index is 0.101. The molecule has 2 rings (SSSR count). The van der Waals surface area contributed by atoms with E-state index in [0.29, 0.717) is 0 Å². The lowest BCUT2D eigenvalue weighted by Gasteiger charge is -2.27. The van der Waals surface area contributed by atoms with Gasteiger partial charge in [-0.05, 0) is 30.2 Å². The molecule has 5 heteroatoms. The second kappa shape index (κ2) is 5.33. The second-order valence-corrected chi connectivity index (χ2v) is 4.71. The Balaban J connectivity index is 2.62. The lowest BCUT2D eigenvalue weighted by atomic mass is 9.82. The van der Waals surface area contributed by atoms with Gasteiger partial charge < -0.3 is 5.11 Å². The van der Waals surface area contributed by atoms with E-state index in [2.05, 4.69) is 0 Å². The van der Waals surface area contributed by atoms with Gasteiger partial charge in [0.15, 0.2) is 11.4 Å². The molecule has 0 saturated heterocycles. The summed E-state index contributed by atoms with van der Waals surface area (Å²) in [5, 5.41) is 10.7. The predicted molar refractivity (Wildman–Crippen MR) is 71.6 cm³/mol. The maximum absolute atomic E-state index is 12.8. The molecule has 21 heavy (non-hydrogen) atoms. The summed E-state index contributed by atoms with van der Waals surface area (Å²) in [5.41, 5.74) is -2.87. The fraction of sp³-hybridized carbons (Fsp3) is 0.188. The first kappa shape index (κ1) is 15.3. The van der Waals surface area contributed by atoms with Gasteiger partial charge in [0.25, 0.3) is 0 Å². The largest absolute Gasteiger partial charge is 0.416 e. The lowest BCUT2D eigenvalue weighted by molar-refractivity contribution is -0.138. The Kier molecular flexibility index (Phi) is 3.87. The molecule has 1 unspecified atom stereocenters. The zero-order chi connectivity index (χ0) is 15.7. The van der Waals surface area contributed by atoms with Gasteiger partial charge in [0.1, 0.15) is 0 Å². The van der Waals surface area contributed by atoms with Crippen molar-refractivity contribution in [3.63, 3.8) is 0 Å². The van der Waals surface area contributed by atoms with Crippen LogP contribution >= 0.6 is 0 Å². The number of carbonyl (C=O) groups excluding carboxylic acids is 1. The van der Waals surface area contributed by atoms with Crippen LogP contribution in [0.3, 0.4) is 0 Å². The van der Waals surface area contributed by atoms with E-state index in [0.717, 1.165) is 19.1 Å². The number of halogens is 3. The number of hydrogen-bond donors (Lipinski definition) is 1. The van der Waals surface area contributed by atoms with Crippen molar-refractivity contribution < 1.29 is 23.1 Å². The fourth-order valence-electron chi connectivity index (χ4n) is 2.17. The number of aliphatic hydroxyl groups is 1. The Morgan fingerprint density at radius 1 is 0.905 bits per heavy atom. The van der Waals surface area contributed by atoms with Crippen LogP contribution in [0.4, 0.5) is 13.2 Å². The Labute approximate surface area is 119 Å². The molecule has 0 radical (unpaired) electrons. The van der Waals surface area contributed by atoms with E-state index < -0.39 is 23.1 Å². The van der Waals surface area contributed by atoms with E-state index in [9.17, 15) is 23.1 Å². The van der Waals surface area contributed by atoms with Gasteiger partial charge in [-0.3, -0.25) is 4.79 Å². The van der Waals surface area contributed by atoms with Gasteiger partial charge in [0, 0.05) is 0 Å². The zero-order valence-corrected chi connectivity index (χ0v) is 11.2. The highest BCUT2D eigenvalue weighted by atomic mass is 19.4. The van der Waals surface area contributed by atoms with Gasteiger partial charge in [0.05, 0.1) is 5.56 Å². The first-order chi connectivity index (χ1) is 9.76. The van der Waals surface area contributed by atoms with Crippen molar-refractivity contribution in [3.05, 3.63) is 71.3 Å². The molecule has 0 fully saturated rings. The SMILES string of the molecule is CC(=O)C(O)(c1ccccc1)c1cccc(C(F)(F)F)c1. The second-order valence-electron chi connectivity index (χ2n) is 4.71. The molecule has 0 heterocycles. The topological polar surface area (TPSA) is 37.3 Å². The summed E-state index contributed by atoms with van der Waals surface area (Å²) in [6.07, 6.45) is -4.54. The zero-order valence-electron chi connectivity index (χ0n) is 11.2. The number of Topliss-reactive ketones (excluding diaryl/α,β-unsaturated/α-hetero) is 1. The van der Waals surface area contributed by atoms with E-state index in [1.165, 1.54) is 24.3 Å². The normalized spacial score (nSPS) is 14.5. The van der Waals surface area contributed by atoms with Crippen molar-refractivity contribution in [2.75, 3.05) is 0 Å². The molecule has 2 aromatic rings. The molecule has 0 aliphatic carbocycles. The van der Waals surface area contributed by atoms with Gasteiger partial charge in [-0.15, -0.1) is 0 Å². The lowest BCUT2D eigenvalue weighted by Crippen LogP contribution is -2.35.